The third-order valence-electron chi connectivity index (χ3n) is 4.55. The molecule has 0 fully saturated rings. The van der Waals surface area contributed by atoms with Crippen molar-refractivity contribution in [3.63, 3.8) is 0 Å². The number of hydrogen-bond acceptors (Lipinski definition) is 7. The highest BCUT2D eigenvalue weighted by Gasteiger charge is 2.37. The second-order valence-electron chi connectivity index (χ2n) is 5.99. The lowest BCUT2D eigenvalue weighted by Crippen LogP contribution is -2.31. The number of phenols is 1. The van der Waals surface area contributed by atoms with E-state index in [2.05, 4.69) is 15.4 Å². The molecule has 8 heteroatoms. The summed E-state index contributed by atoms with van der Waals surface area (Å²) < 4.78 is 6.99. The molecule has 2 N–H and O–H groups in total. The number of hydrogen-bond donors (Lipinski definition) is 2. The molecule has 1 aromatic carbocycles. The number of thioether (sulfide) groups is 1. The number of rotatable bonds is 3. The van der Waals surface area contributed by atoms with E-state index in [1.165, 1.54) is 18.9 Å². The molecule has 0 bridgehead atoms. The van der Waals surface area contributed by atoms with Crippen LogP contribution in [0.5, 0.6) is 11.5 Å². The smallest absolute Gasteiger partial charge is 0.227 e. The van der Waals surface area contributed by atoms with Gasteiger partial charge in [0.1, 0.15) is 6.04 Å². The molecular weight excluding hydrogens is 340 g/mol. The van der Waals surface area contributed by atoms with Crippen LogP contribution >= 0.6 is 11.8 Å². The minimum absolute atomic E-state index is 0.0629. The maximum absolute atomic E-state index is 12.7. The van der Waals surface area contributed by atoms with E-state index in [-0.39, 0.29) is 17.6 Å². The molecule has 0 amide bonds. The molecule has 1 unspecified atom stereocenters. The van der Waals surface area contributed by atoms with E-state index >= 15 is 0 Å². The Balaban J connectivity index is 1.91. The zero-order valence-corrected chi connectivity index (χ0v) is 14.8. The fourth-order valence-electron chi connectivity index (χ4n) is 3.40. The summed E-state index contributed by atoms with van der Waals surface area (Å²) in [5.74, 6) is 1.19. The molecule has 1 aromatic heterocycles. The number of Topliss-reactive ketones (excluding diaryl/α,β-unsaturated/α-hetero) is 1. The first-order valence-electron chi connectivity index (χ1n) is 8.03. The van der Waals surface area contributed by atoms with E-state index in [9.17, 15) is 9.90 Å². The number of fused-ring (bicyclic) bond motifs is 1. The Morgan fingerprint density at radius 3 is 3.00 bits per heavy atom. The van der Waals surface area contributed by atoms with Gasteiger partial charge in [-0.15, -0.1) is 5.10 Å². The molecule has 130 valence electrons. The number of methoxy groups -OCH3 is 1. The minimum Gasteiger partial charge on any atom is -0.504 e. The third-order valence-corrected chi connectivity index (χ3v) is 5.09. The normalized spacial score (nSPS) is 19.3. The van der Waals surface area contributed by atoms with E-state index in [1.807, 2.05) is 6.26 Å². The summed E-state index contributed by atoms with van der Waals surface area (Å²) in [7, 11) is 1.50. The van der Waals surface area contributed by atoms with Gasteiger partial charge in [0.2, 0.25) is 11.1 Å². The lowest BCUT2D eigenvalue weighted by Gasteiger charge is -2.32. The van der Waals surface area contributed by atoms with Gasteiger partial charge in [0.05, 0.1) is 7.11 Å². The van der Waals surface area contributed by atoms with Gasteiger partial charge in [-0.05, 0) is 36.8 Å². The lowest BCUT2D eigenvalue weighted by molar-refractivity contribution is -0.116. The molecule has 2 heterocycles. The highest BCUT2D eigenvalue weighted by atomic mass is 32.2. The second kappa shape index (κ2) is 6.11. The number of ketones is 1. The number of carbonyl (C=O) groups is 1. The van der Waals surface area contributed by atoms with Gasteiger partial charge in [-0.2, -0.15) is 4.98 Å². The predicted molar refractivity (Wildman–Crippen MR) is 94.1 cm³/mol. The minimum atomic E-state index is -0.373. The van der Waals surface area contributed by atoms with Crippen molar-refractivity contribution in [2.45, 2.75) is 30.5 Å². The van der Waals surface area contributed by atoms with E-state index < -0.39 is 0 Å². The maximum atomic E-state index is 12.7. The summed E-state index contributed by atoms with van der Waals surface area (Å²) in [5, 5.41) is 18.4. The first kappa shape index (κ1) is 16.0. The van der Waals surface area contributed by atoms with E-state index in [0.717, 1.165) is 29.7 Å². The summed E-state index contributed by atoms with van der Waals surface area (Å²) in [6.45, 7) is 0. The summed E-state index contributed by atoms with van der Waals surface area (Å²) in [4.78, 5) is 17.2. The van der Waals surface area contributed by atoms with Crippen molar-refractivity contribution in [2.75, 3.05) is 18.7 Å². The molecule has 0 saturated carbocycles. The number of benzene rings is 1. The van der Waals surface area contributed by atoms with Crippen LogP contribution in [0.15, 0.2) is 34.6 Å². The van der Waals surface area contributed by atoms with Crippen LogP contribution in [0.2, 0.25) is 0 Å². The number of aromatic nitrogens is 3. The average Bonchev–Trinajstić information content (AvgIpc) is 3.03. The molecule has 0 spiro atoms. The SMILES string of the molecule is COc1cc(C2C3=C(CCCC3=O)Nc3nc(SC)nn32)ccc1O. The Labute approximate surface area is 149 Å². The van der Waals surface area contributed by atoms with Gasteiger partial charge in [-0.1, -0.05) is 17.8 Å². The van der Waals surface area contributed by atoms with Gasteiger partial charge < -0.3 is 15.2 Å². The maximum Gasteiger partial charge on any atom is 0.227 e. The van der Waals surface area contributed by atoms with Crippen LogP contribution in [0.25, 0.3) is 0 Å². The van der Waals surface area contributed by atoms with Crippen molar-refractivity contribution in [3.8, 4) is 11.5 Å². The number of aromatic hydroxyl groups is 1. The van der Waals surface area contributed by atoms with Gasteiger partial charge in [0.15, 0.2) is 17.3 Å². The zero-order chi connectivity index (χ0) is 17.6. The molecule has 1 aliphatic carbocycles. The van der Waals surface area contributed by atoms with Crippen molar-refractivity contribution in [1.29, 1.82) is 0 Å². The van der Waals surface area contributed by atoms with Crippen LogP contribution in [0.3, 0.4) is 0 Å². The largest absolute Gasteiger partial charge is 0.504 e. The molecule has 1 atom stereocenters. The third kappa shape index (κ3) is 2.57. The number of nitrogens with one attached hydrogen (secondary N) is 1. The molecule has 0 saturated heterocycles. The first-order chi connectivity index (χ1) is 12.1. The quantitative estimate of drug-likeness (QED) is 0.816. The topological polar surface area (TPSA) is 89.3 Å². The Morgan fingerprint density at radius 1 is 1.40 bits per heavy atom. The predicted octanol–water partition coefficient (Wildman–Crippen LogP) is 2.74. The monoisotopic (exact) mass is 358 g/mol. The summed E-state index contributed by atoms with van der Waals surface area (Å²) in [5.41, 5.74) is 2.47. The Kier molecular flexibility index (Phi) is 3.91. The van der Waals surface area contributed by atoms with E-state index in [1.54, 1.807) is 22.9 Å². The van der Waals surface area contributed by atoms with E-state index in [0.29, 0.717) is 23.3 Å². The molecule has 4 rings (SSSR count). The average molecular weight is 358 g/mol. The Bertz CT molecular complexity index is 890. The molecule has 0 radical (unpaired) electrons. The van der Waals surface area contributed by atoms with Crippen molar-refractivity contribution >= 4 is 23.5 Å². The number of anilines is 1. The van der Waals surface area contributed by atoms with Crippen LogP contribution in [0.4, 0.5) is 5.95 Å². The second-order valence-corrected chi connectivity index (χ2v) is 6.77. The highest BCUT2D eigenvalue weighted by molar-refractivity contribution is 7.98. The number of phenolic OH excluding ortho intramolecular Hbond substituents is 1. The van der Waals surface area contributed by atoms with Gasteiger partial charge in [-0.25, -0.2) is 4.68 Å². The lowest BCUT2D eigenvalue weighted by atomic mass is 9.85. The highest BCUT2D eigenvalue weighted by Crippen LogP contribution is 2.42. The Morgan fingerprint density at radius 2 is 2.24 bits per heavy atom. The van der Waals surface area contributed by atoms with Gasteiger partial charge >= 0.3 is 0 Å². The number of allylic oxidation sites excluding steroid dienone is 2. The summed E-state index contributed by atoms with van der Waals surface area (Å²) in [6.07, 6.45) is 4.10. The van der Waals surface area contributed by atoms with Crippen LogP contribution in [0.1, 0.15) is 30.9 Å². The number of nitrogens with zero attached hydrogens (tertiary/aromatic N) is 3. The molecule has 2 aliphatic rings. The van der Waals surface area contributed by atoms with Crippen molar-refractivity contribution in [1.82, 2.24) is 14.8 Å². The van der Waals surface area contributed by atoms with Crippen LogP contribution < -0.4 is 10.1 Å². The number of carbonyl (C=O) groups excluding carboxylic acids is 1. The van der Waals surface area contributed by atoms with Crippen molar-refractivity contribution < 1.29 is 14.6 Å². The van der Waals surface area contributed by atoms with Gasteiger partial charge in [0.25, 0.3) is 0 Å². The van der Waals surface area contributed by atoms with Crippen LogP contribution in [-0.4, -0.2) is 39.0 Å². The summed E-state index contributed by atoms with van der Waals surface area (Å²) >= 11 is 1.45. The van der Waals surface area contributed by atoms with Crippen LogP contribution in [0, 0.1) is 0 Å². The molecular formula is C17H18N4O3S. The molecule has 1 aliphatic heterocycles. The van der Waals surface area contributed by atoms with E-state index in [4.69, 9.17) is 4.74 Å². The Hall–Kier alpha value is -2.48. The van der Waals surface area contributed by atoms with Gasteiger partial charge in [0, 0.05) is 17.7 Å². The molecule has 7 nitrogen and oxygen atoms in total. The zero-order valence-electron chi connectivity index (χ0n) is 13.9. The van der Waals surface area contributed by atoms with Crippen molar-refractivity contribution in [2.24, 2.45) is 0 Å². The summed E-state index contributed by atoms with van der Waals surface area (Å²) in [6, 6.07) is 4.75. The fraction of sp³-hybridized carbons (Fsp3) is 0.353. The standard InChI is InChI=1S/C17H18N4O3S/c1-24-13-8-9(6-7-11(13)22)15-14-10(4-3-5-12(14)23)18-16-19-17(25-2)20-21(15)16/h6-8,15,22H,3-5H2,1-2H3,(H,18,19,20). The molecule has 2 aromatic rings. The van der Waals surface area contributed by atoms with Crippen molar-refractivity contribution in [3.05, 3.63) is 35.0 Å². The molecule has 25 heavy (non-hydrogen) atoms. The van der Waals surface area contributed by atoms with Crippen LogP contribution in [-0.2, 0) is 4.79 Å². The fourth-order valence-corrected chi connectivity index (χ4v) is 3.74. The first-order valence-corrected chi connectivity index (χ1v) is 9.25. The van der Waals surface area contributed by atoms with Gasteiger partial charge in [-0.3, -0.25) is 4.79 Å². The number of ether oxygens (including phenoxy) is 1.